The zero-order valence-electron chi connectivity index (χ0n) is 14.1. The van der Waals surface area contributed by atoms with E-state index in [0.717, 1.165) is 11.3 Å². The number of carbonyl (C=O) groups is 2. The third kappa shape index (κ3) is 4.37. The molecule has 0 N–H and O–H groups in total. The number of rotatable bonds is 8. The summed E-state index contributed by atoms with van der Waals surface area (Å²) >= 11 is 1.49. The van der Waals surface area contributed by atoms with Crippen molar-refractivity contribution in [3.8, 4) is 10.8 Å². The van der Waals surface area contributed by atoms with Crippen LogP contribution in [0.5, 0.6) is 0 Å². The quantitative estimate of drug-likeness (QED) is 0.558. The first-order valence-corrected chi connectivity index (χ1v) is 8.90. The van der Waals surface area contributed by atoms with Crippen molar-refractivity contribution in [2.75, 3.05) is 13.2 Å². The molecule has 136 valence electrons. The highest BCUT2D eigenvalue weighted by atomic mass is 32.1. The first kappa shape index (κ1) is 17.9. The highest BCUT2D eigenvalue weighted by Gasteiger charge is 2.20. The molecule has 3 rings (SSSR count). The zero-order valence-corrected chi connectivity index (χ0v) is 14.9. The van der Waals surface area contributed by atoms with Crippen molar-refractivity contribution in [2.45, 2.75) is 19.9 Å². The molecule has 0 spiro atoms. The molecule has 0 radical (unpaired) electrons. The third-order valence-corrected chi connectivity index (χ3v) is 4.28. The molecular formula is C17H17N3O5S. The molecule has 0 aliphatic heterocycles. The molecule has 9 heteroatoms. The van der Waals surface area contributed by atoms with E-state index in [4.69, 9.17) is 13.6 Å². The van der Waals surface area contributed by atoms with Gasteiger partial charge in [-0.15, -0.1) is 21.5 Å². The van der Waals surface area contributed by atoms with Gasteiger partial charge >= 0.3 is 5.97 Å². The van der Waals surface area contributed by atoms with Crippen molar-refractivity contribution in [1.82, 2.24) is 15.1 Å². The summed E-state index contributed by atoms with van der Waals surface area (Å²) in [6.07, 6.45) is 2.10. The molecule has 0 fully saturated rings. The lowest BCUT2D eigenvalue weighted by Crippen LogP contribution is -2.35. The predicted molar refractivity (Wildman–Crippen MR) is 92.3 cm³/mol. The van der Waals surface area contributed by atoms with Gasteiger partial charge in [-0.25, -0.2) is 4.79 Å². The Morgan fingerprint density at radius 2 is 2.15 bits per heavy atom. The Morgan fingerprint density at radius 3 is 2.85 bits per heavy atom. The topological polar surface area (TPSA) is 98.7 Å². The van der Waals surface area contributed by atoms with Crippen molar-refractivity contribution in [2.24, 2.45) is 0 Å². The Bertz CT molecular complexity index is 842. The monoisotopic (exact) mass is 375 g/mol. The van der Waals surface area contributed by atoms with Gasteiger partial charge in [0.25, 0.3) is 11.8 Å². The first-order chi connectivity index (χ1) is 12.7. The molecular weight excluding hydrogens is 358 g/mol. The van der Waals surface area contributed by atoms with Crippen molar-refractivity contribution < 1.29 is 23.2 Å². The Kier molecular flexibility index (Phi) is 5.80. The fraction of sp³-hybridized carbons (Fsp3) is 0.294. The van der Waals surface area contributed by atoms with Gasteiger partial charge in [0.15, 0.2) is 6.61 Å². The van der Waals surface area contributed by atoms with E-state index in [-0.39, 0.29) is 24.8 Å². The molecule has 3 aromatic rings. The molecule has 3 aromatic heterocycles. The summed E-state index contributed by atoms with van der Waals surface area (Å²) in [6.45, 7) is 2.20. The molecule has 0 atom stereocenters. The van der Waals surface area contributed by atoms with E-state index in [1.807, 2.05) is 24.4 Å². The summed E-state index contributed by atoms with van der Waals surface area (Å²) in [6, 6.07) is 6.82. The molecule has 1 amide bonds. The van der Waals surface area contributed by atoms with Gasteiger partial charge in [0.05, 0.1) is 17.7 Å². The molecule has 0 saturated heterocycles. The predicted octanol–water partition coefficient (Wildman–Crippen LogP) is 2.99. The Balaban J connectivity index is 1.59. The summed E-state index contributed by atoms with van der Waals surface area (Å²) in [5, 5.41) is 9.90. The smallest absolute Gasteiger partial charge is 0.374 e. The maximum Gasteiger partial charge on any atom is 0.374 e. The SMILES string of the molecule is CCCN(Cc1nnc(-c2cccs2)o1)C(=O)COC(=O)c1ccco1. The lowest BCUT2D eigenvalue weighted by Gasteiger charge is -2.19. The number of amides is 1. The summed E-state index contributed by atoms with van der Waals surface area (Å²) in [5.74, 6) is -0.228. The van der Waals surface area contributed by atoms with Crippen molar-refractivity contribution in [3.05, 3.63) is 47.6 Å². The highest BCUT2D eigenvalue weighted by molar-refractivity contribution is 7.13. The van der Waals surface area contributed by atoms with E-state index < -0.39 is 5.97 Å². The minimum atomic E-state index is -0.683. The average Bonchev–Trinajstić information content (AvgIpc) is 3.40. The molecule has 0 aliphatic rings. The fourth-order valence-electron chi connectivity index (χ4n) is 2.23. The number of esters is 1. The maximum atomic E-state index is 12.4. The number of ether oxygens (including phenoxy) is 1. The van der Waals surface area contributed by atoms with Crippen LogP contribution < -0.4 is 0 Å². The van der Waals surface area contributed by atoms with Crippen LogP contribution in [-0.4, -0.2) is 40.1 Å². The number of furan rings is 1. The normalized spacial score (nSPS) is 10.7. The molecule has 3 heterocycles. The largest absolute Gasteiger partial charge is 0.457 e. The van der Waals surface area contributed by atoms with Gasteiger partial charge in [-0.05, 0) is 30.0 Å². The zero-order chi connectivity index (χ0) is 18.4. The first-order valence-electron chi connectivity index (χ1n) is 8.02. The van der Waals surface area contributed by atoms with E-state index in [0.29, 0.717) is 18.3 Å². The van der Waals surface area contributed by atoms with Crippen LogP contribution in [0.2, 0.25) is 0 Å². The maximum absolute atomic E-state index is 12.4. The fourth-order valence-corrected chi connectivity index (χ4v) is 2.87. The number of thiophene rings is 1. The summed E-state index contributed by atoms with van der Waals surface area (Å²) in [4.78, 5) is 26.5. The standard InChI is InChI=1S/C17H17N3O5S/c1-2-7-20(15(21)11-24-17(22)12-5-3-8-23-12)10-14-18-19-16(25-14)13-6-4-9-26-13/h3-6,8-9H,2,7,10-11H2,1H3. The van der Waals surface area contributed by atoms with E-state index in [2.05, 4.69) is 10.2 Å². The van der Waals surface area contributed by atoms with Crippen LogP contribution >= 0.6 is 11.3 Å². The van der Waals surface area contributed by atoms with Crippen LogP contribution in [0.1, 0.15) is 29.8 Å². The van der Waals surface area contributed by atoms with E-state index in [9.17, 15) is 9.59 Å². The van der Waals surface area contributed by atoms with Gasteiger partial charge in [-0.3, -0.25) is 4.79 Å². The molecule has 8 nitrogen and oxygen atoms in total. The third-order valence-electron chi connectivity index (χ3n) is 3.42. The minimum absolute atomic E-state index is 0.0531. The van der Waals surface area contributed by atoms with Gasteiger partial charge in [-0.2, -0.15) is 0 Å². The van der Waals surface area contributed by atoms with E-state index >= 15 is 0 Å². The number of nitrogens with zero attached hydrogens (tertiary/aromatic N) is 3. The molecule has 0 bridgehead atoms. The lowest BCUT2D eigenvalue weighted by atomic mass is 10.4. The molecule has 26 heavy (non-hydrogen) atoms. The van der Waals surface area contributed by atoms with Gasteiger partial charge in [0, 0.05) is 6.54 Å². The number of aromatic nitrogens is 2. The molecule has 0 aromatic carbocycles. The van der Waals surface area contributed by atoms with Crippen molar-refractivity contribution in [3.63, 3.8) is 0 Å². The molecule has 0 saturated carbocycles. The van der Waals surface area contributed by atoms with Crippen LogP contribution in [0.4, 0.5) is 0 Å². The minimum Gasteiger partial charge on any atom is -0.457 e. The number of hydrogen-bond donors (Lipinski definition) is 0. The Morgan fingerprint density at radius 1 is 1.27 bits per heavy atom. The Hall–Kier alpha value is -2.94. The summed E-state index contributed by atoms with van der Waals surface area (Å²) < 4.78 is 15.5. The second-order valence-corrected chi connectivity index (χ2v) is 6.29. The average molecular weight is 375 g/mol. The van der Waals surface area contributed by atoms with Crippen LogP contribution in [0.15, 0.2) is 44.7 Å². The van der Waals surface area contributed by atoms with Gasteiger partial charge in [0.2, 0.25) is 11.7 Å². The molecule has 0 aliphatic carbocycles. The number of hydrogen-bond acceptors (Lipinski definition) is 8. The molecule has 0 unspecified atom stereocenters. The highest BCUT2D eigenvalue weighted by Crippen LogP contribution is 2.23. The van der Waals surface area contributed by atoms with Crippen LogP contribution in [0.25, 0.3) is 10.8 Å². The van der Waals surface area contributed by atoms with Crippen LogP contribution in [0.3, 0.4) is 0 Å². The van der Waals surface area contributed by atoms with E-state index in [1.54, 1.807) is 6.07 Å². The lowest BCUT2D eigenvalue weighted by molar-refractivity contribution is -0.135. The second-order valence-electron chi connectivity index (χ2n) is 5.35. The van der Waals surface area contributed by atoms with Crippen molar-refractivity contribution >= 4 is 23.2 Å². The van der Waals surface area contributed by atoms with Crippen molar-refractivity contribution in [1.29, 1.82) is 0 Å². The van der Waals surface area contributed by atoms with E-state index in [1.165, 1.54) is 28.6 Å². The van der Waals surface area contributed by atoms with Gasteiger partial charge < -0.3 is 18.5 Å². The van der Waals surface area contributed by atoms with Gasteiger partial charge in [-0.1, -0.05) is 13.0 Å². The number of carbonyl (C=O) groups excluding carboxylic acids is 2. The van der Waals surface area contributed by atoms with Gasteiger partial charge in [0.1, 0.15) is 0 Å². The summed E-state index contributed by atoms with van der Waals surface area (Å²) in [7, 11) is 0. The summed E-state index contributed by atoms with van der Waals surface area (Å²) in [5.41, 5.74) is 0. The van der Waals surface area contributed by atoms with Crippen LogP contribution in [0, 0.1) is 0 Å². The second kappa shape index (κ2) is 8.43. The van der Waals surface area contributed by atoms with Crippen LogP contribution in [-0.2, 0) is 16.1 Å². The Labute approximate surface area is 153 Å².